The first-order valence-electron chi connectivity index (χ1n) is 6.52. The van der Waals surface area contributed by atoms with Crippen LogP contribution in [0.4, 0.5) is 0 Å². The molecule has 0 aromatic heterocycles. The molecule has 1 heterocycles. The molecule has 1 aromatic rings. The van der Waals surface area contributed by atoms with Crippen molar-refractivity contribution in [3.05, 3.63) is 35.9 Å². The molecule has 1 atom stereocenters. The number of piperidine rings is 1. The van der Waals surface area contributed by atoms with Crippen LogP contribution >= 0.6 is 0 Å². The Labute approximate surface area is 104 Å². The van der Waals surface area contributed by atoms with Gasteiger partial charge in [-0.1, -0.05) is 30.3 Å². The SMILES string of the molecule is c1ccc(CNCCO[C@@H]2CCCNC2)cc1. The van der Waals surface area contributed by atoms with Crippen molar-refractivity contribution in [2.45, 2.75) is 25.5 Å². The Morgan fingerprint density at radius 1 is 1.29 bits per heavy atom. The number of hydrogen-bond acceptors (Lipinski definition) is 3. The van der Waals surface area contributed by atoms with Gasteiger partial charge in [0.15, 0.2) is 0 Å². The molecule has 1 saturated heterocycles. The van der Waals surface area contributed by atoms with Crippen LogP contribution in [0.15, 0.2) is 30.3 Å². The van der Waals surface area contributed by atoms with Gasteiger partial charge in [-0.3, -0.25) is 0 Å². The number of hydrogen-bond donors (Lipinski definition) is 2. The number of rotatable bonds is 6. The van der Waals surface area contributed by atoms with Crippen molar-refractivity contribution in [1.82, 2.24) is 10.6 Å². The van der Waals surface area contributed by atoms with E-state index in [9.17, 15) is 0 Å². The van der Waals surface area contributed by atoms with Crippen molar-refractivity contribution in [3.8, 4) is 0 Å². The van der Waals surface area contributed by atoms with Gasteiger partial charge in [-0.25, -0.2) is 0 Å². The van der Waals surface area contributed by atoms with E-state index in [0.29, 0.717) is 6.10 Å². The number of benzene rings is 1. The van der Waals surface area contributed by atoms with Gasteiger partial charge in [-0.2, -0.15) is 0 Å². The highest BCUT2D eigenvalue weighted by molar-refractivity contribution is 5.14. The monoisotopic (exact) mass is 234 g/mol. The second kappa shape index (κ2) is 7.43. The summed E-state index contributed by atoms with van der Waals surface area (Å²) in [5.41, 5.74) is 1.33. The van der Waals surface area contributed by atoms with Crippen LogP contribution in [0.25, 0.3) is 0 Å². The van der Waals surface area contributed by atoms with Crippen molar-refractivity contribution < 1.29 is 4.74 Å². The minimum absolute atomic E-state index is 0.419. The van der Waals surface area contributed by atoms with Crippen LogP contribution in [-0.4, -0.2) is 32.3 Å². The fourth-order valence-corrected chi connectivity index (χ4v) is 2.09. The van der Waals surface area contributed by atoms with E-state index in [-0.39, 0.29) is 0 Å². The predicted molar refractivity (Wildman–Crippen MR) is 70.0 cm³/mol. The molecule has 1 fully saturated rings. The molecule has 1 aliphatic heterocycles. The third-order valence-corrected chi connectivity index (χ3v) is 3.06. The smallest absolute Gasteiger partial charge is 0.0700 e. The van der Waals surface area contributed by atoms with Gasteiger partial charge in [0.05, 0.1) is 12.7 Å². The van der Waals surface area contributed by atoms with E-state index in [1.165, 1.54) is 18.4 Å². The van der Waals surface area contributed by atoms with Gasteiger partial charge in [-0.15, -0.1) is 0 Å². The molecule has 0 aliphatic carbocycles. The van der Waals surface area contributed by atoms with Gasteiger partial charge >= 0.3 is 0 Å². The van der Waals surface area contributed by atoms with Crippen LogP contribution in [0.1, 0.15) is 18.4 Å². The third-order valence-electron chi connectivity index (χ3n) is 3.06. The zero-order valence-electron chi connectivity index (χ0n) is 10.3. The Morgan fingerprint density at radius 3 is 2.94 bits per heavy atom. The first kappa shape index (κ1) is 12.6. The van der Waals surface area contributed by atoms with E-state index < -0.39 is 0 Å². The molecule has 0 spiro atoms. The molecule has 0 radical (unpaired) electrons. The minimum atomic E-state index is 0.419. The summed E-state index contributed by atoms with van der Waals surface area (Å²) < 4.78 is 5.80. The van der Waals surface area contributed by atoms with Gasteiger partial charge < -0.3 is 15.4 Å². The molecule has 0 amide bonds. The Bertz CT molecular complexity index is 296. The van der Waals surface area contributed by atoms with Gasteiger partial charge in [0, 0.05) is 19.6 Å². The van der Waals surface area contributed by atoms with E-state index in [4.69, 9.17) is 4.74 Å². The molecule has 17 heavy (non-hydrogen) atoms. The second-order valence-corrected chi connectivity index (χ2v) is 4.50. The average molecular weight is 234 g/mol. The highest BCUT2D eigenvalue weighted by Gasteiger charge is 2.12. The number of ether oxygens (including phenoxy) is 1. The van der Waals surface area contributed by atoms with E-state index in [1.807, 2.05) is 6.07 Å². The lowest BCUT2D eigenvalue weighted by molar-refractivity contribution is 0.0388. The first-order chi connectivity index (χ1) is 8.45. The van der Waals surface area contributed by atoms with Crippen molar-refractivity contribution in [1.29, 1.82) is 0 Å². The molecular weight excluding hydrogens is 212 g/mol. The Balaban J connectivity index is 1.51. The summed E-state index contributed by atoms with van der Waals surface area (Å²) in [6.45, 7) is 4.81. The molecule has 2 rings (SSSR count). The van der Waals surface area contributed by atoms with Crippen molar-refractivity contribution in [3.63, 3.8) is 0 Å². The van der Waals surface area contributed by atoms with Gasteiger partial charge in [0.2, 0.25) is 0 Å². The van der Waals surface area contributed by atoms with Crippen LogP contribution in [0, 0.1) is 0 Å². The zero-order valence-corrected chi connectivity index (χ0v) is 10.3. The Kier molecular flexibility index (Phi) is 5.49. The largest absolute Gasteiger partial charge is 0.376 e. The lowest BCUT2D eigenvalue weighted by Gasteiger charge is -2.23. The van der Waals surface area contributed by atoms with Crippen molar-refractivity contribution >= 4 is 0 Å². The van der Waals surface area contributed by atoms with Crippen molar-refractivity contribution in [2.24, 2.45) is 0 Å². The fourth-order valence-electron chi connectivity index (χ4n) is 2.09. The van der Waals surface area contributed by atoms with E-state index in [0.717, 1.165) is 32.8 Å². The highest BCUT2D eigenvalue weighted by Crippen LogP contribution is 2.05. The molecule has 3 heteroatoms. The van der Waals surface area contributed by atoms with Crippen molar-refractivity contribution in [2.75, 3.05) is 26.2 Å². The molecule has 1 aliphatic rings. The normalized spacial score (nSPS) is 20.4. The maximum Gasteiger partial charge on any atom is 0.0700 e. The third kappa shape index (κ3) is 4.86. The summed E-state index contributed by atoms with van der Waals surface area (Å²) in [5.74, 6) is 0. The topological polar surface area (TPSA) is 33.3 Å². The molecule has 0 saturated carbocycles. The summed E-state index contributed by atoms with van der Waals surface area (Å²) in [6.07, 6.45) is 2.86. The van der Waals surface area contributed by atoms with Crippen LogP contribution in [0.5, 0.6) is 0 Å². The summed E-state index contributed by atoms with van der Waals surface area (Å²) >= 11 is 0. The molecular formula is C14H22N2O. The van der Waals surface area contributed by atoms with Gasteiger partial charge in [-0.05, 0) is 24.9 Å². The zero-order chi connectivity index (χ0) is 11.8. The van der Waals surface area contributed by atoms with Gasteiger partial charge in [0.1, 0.15) is 0 Å². The first-order valence-corrected chi connectivity index (χ1v) is 6.52. The van der Waals surface area contributed by atoms with Crippen LogP contribution < -0.4 is 10.6 Å². The van der Waals surface area contributed by atoms with Crippen LogP contribution in [0.3, 0.4) is 0 Å². The second-order valence-electron chi connectivity index (χ2n) is 4.50. The van der Waals surface area contributed by atoms with Gasteiger partial charge in [0.25, 0.3) is 0 Å². The molecule has 0 unspecified atom stereocenters. The standard InChI is InChI=1S/C14H22N2O/c1-2-5-13(6-3-1)11-16-9-10-17-14-7-4-8-15-12-14/h1-3,5-6,14-16H,4,7-12H2/t14-/m1/s1. The Hall–Kier alpha value is -0.900. The van der Waals surface area contributed by atoms with E-state index >= 15 is 0 Å². The number of nitrogens with one attached hydrogen (secondary N) is 2. The quantitative estimate of drug-likeness (QED) is 0.733. The molecule has 94 valence electrons. The molecule has 2 N–H and O–H groups in total. The lowest BCUT2D eigenvalue weighted by Crippen LogP contribution is -2.36. The maximum absolute atomic E-state index is 5.80. The molecule has 1 aromatic carbocycles. The molecule has 0 bridgehead atoms. The summed E-state index contributed by atoms with van der Waals surface area (Å²) in [7, 11) is 0. The maximum atomic E-state index is 5.80. The van der Waals surface area contributed by atoms with Crippen LogP contribution in [-0.2, 0) is 11.3 Å². The fraction of sp³-hybridized carbons (Fsp3) is 0.571. The predicted octanol–water partition coefficient (Wildman–Crippen LogP) is 1.54. The minimum Gasteiger partial charge on any atom is -0.376 e. The summed E-state index contributed by atoms with van der Waals surface area (Å²) in [4.78, 5) is 0. The van der Waals surface area contributed by atoms with E-state index in [1.54, 1.807) is 0 Å². The highest BCUT2D eigenvalue weighted by atomic mass is 16.5. The molecule has 3 nitrogen and oxygen atoms in total. The summed E-state index contributed by atoms with van der Waals surface area (Å²) in [6, 6.07) is 10.5. The van der Waals surface area contributed by atoms with Crippen LogP contribution in [0.2, 0.25) is 0 Å². The lowest BCUT2D eigenvalue weighted by atomic mass is 10.1. The van der Waals surface area contributed by atoms with E-state index in [2.05, 4.69) is 34.9 Å². The summed E-state index contributed by atoms with van der Waals surface area (Å²) in [5, 5.41) is 6.75. The average Bonchev–Trinajstić information content (AvgIpc) is 2.41. The Morgan fingerprint density at radius 2 is 2.18 bits per heavy atom.